The lowest BCUT2D eigenvalue weighted by atomic mass is 9.65. The zero-order chi connectivity index (χ0) is 20.9. The van der Waals surface area contributed by atoms with Crippen molar-refractivity contribution in [2.75, 3.05) is 6.61 Å². The lowest BCUT2D eigenvalue weighted by Crippen LogP contribution is -2.34. The highest BCUT2D eigenvalue weighted by atomic mass is 19.1. The van der Waals surface area contributed by atoms with Crippen molar-refractivity contribution >= 4 is 0 Å². The molecule has 0 bridgehead atoms. The second-order valence-corrected chi connectivity index (χ2v) is 10.6. The molecule has 0 saturated heterocycles. The molecule has 0 spiro atoms. The van der Waals surface area contributed by atoms with Gasteiger partial charge < -0.3 is 4.74 Å². The Kier molecular flexibility index (Phi) is 7.90. The Labute approximate surface area is 184 Å². The Morgan fingerprint density at radius 2 is 1.73 bits per heavy atom. The summed E-state index contributed by atoms with van der Waals surface area (Å²) in [4.78, 5) is 0. The maximum Gasteiger partial charge on any atom is 0.126 e. The summed E-state index contributed by atoms with van der Waals surface area (Å²) in [5.74, 6) is 2.89. The highest BCUT2D eigenvalue weighted by molar-refractivity contribution is 5.37. The van der Waals surface area contributed by atoms with Crippen LogP contribution in [0.5, 0.6) is 0 Å². The molecule has 0 aliphatic heterocycles. The van der Waals surface area contributed by atoms with Crippen LogP contribution in [0.25, 0.3) is 0 Å². The first-order chi connectivity index (χ1) is 14.7. The minimum absolute atomic E-state index is 0.0892. The molecule has 2 saturated carbocycles. The van der Waals surface area contributed by atoms with Crippen LogP contribution < -0.4 is 0 Å². The SMILES string of the molecule is CCCCCC1CCc2cc(C3CCC4CC(OCCC)CCC4C3)c(F)cc2C1. The predicted molar refractivity (Wildman–Crippen MR) is 124 cm³/mol. The third-order valence-electron chi connectivity index (χ3n) is 8.43. The van der Waals surface area contributed by atoms with Crippen LogP contribution >= 0.6 is 0 Å². The van der Waals surface area contributed by atoms with Crippen LogP contribution in [0, 0.1) is 23.6 Å². The normalized spacial score (nSPS) is 31.2. The molecule has 0 N–H and O–H groups in total. The molecule has 1 nitrogen and oxygen atoms in total. The van der Waals surface area contributed by atoms with Crippen molar-refractivity contribution in [3.8, 4) is 0 Å². The van der Waals surface area contributed by atoms with E-state index in [2.05, 4.69) is 19.9 Å². The molecular formula is C28H43FO. The molecule has 0 amide bonds. The molecule has 5 atom stereocenters. The fourth-order valence-corrected chi connectivity index (χ4v) is 6.68. The summed E-state index contributed by atoms with van der Waals surface area (Å²) in [6.45, 7) is 5.37. The Hall–Kier alpha value is -0.890. The number of benzene rings is 1. The number of halogens is 1. The van der Waals surface area contributed by atoms with Crippen LogP contribution in [0.1, 0.15) is 114 Å². The largest absolute Gasteiger partial charge is 0.378 e. The highest BCUT2D eigenvalue weighted by Crippen LogP contribution is 2.47. The van der Waals surface area contributed by atoms with E-state index in [1.54, 1.807) is 0 Å². The average molecular weight is 415 g/mol. The Balaban J connectivity index is 1.37. The van der Waals surface area contributed by atoms with Crippen LogP contribution in [-0.2, 0) is 17.6 Å². The molecule has 2 heteroatoms. The first-order valence-corrected chi connectivity index (χ1v) is 13.1. The van der Waals surface area contributed by atoms with E-state index in [-0.39, 0.29) is 5.82 Å². The minimum atomic E-state index is 0.0892. The van der Waals surface area contributed by atoms with E-state index in [9.17, 15) is 0 Å². The maximum atomic E-state index is 15.2. The van der Waals surface area contributed by atoms with Crippen molar-refractivity contribution < 1.29 is 9.13 Å². The smallest absolute Gasteiger partial charge is 0.126 e. The standard InChI is InChI=1S/C28H43FO/c1-3-5-6-7-20-8-9-23-18-27(28(29)19-25(23)15-20)24-11-10-22-17-26(30-14-4-2)13-12-21(22)16-24/h18-22,24,26H,3-17H2,1-2H3. The van der Waals surface area contributed by atoms with Gasteiger partial charge in [0.15, 0.2) is 0 Å². The summed E-state index contributed by atoms with van der Waals surface area (Å²) in [7, 11) is 0. The van der Waals surface area contributed by atoms with Crippen LogP contribution in [0.4, 0.5) is 4.39 Å². The fourth-order valence-electron chi connectivity index (χ4n) is 6.68. The highest BCUT2D eigenvalue weighted by Gasteiger charge is 2.37. The monoisotopic (exact) mass is 414 g/mol. The summed E-state index contributed by atoms with van der Waals surface area (Å²) in [6.07, 6.45) is 17.8. The van der Waals surface area contributed by atoms with Gasteiger partial charge in [-0.15, -0.1) is 0 Å². The van der Waals surface area contributed by atoms with E-state index < -0.39 is 0 Å². The van der Waals surface area contributed by atoms with E-state index in [0.717, 1.165) is 55.6 Å². The number of rotatable bonds is 8. The molecule has 1 aromatic rings. The molecule has 1 aromatic carbocycles. The molecule has 0 radical (unpaired) electrons. The van der Waals surface area contributed by atoms with Gasteiger partial charge in [0.2, 0.25) is 0 Å². The first-order valence-electron chi connectivity index (χ1n) is 13.1. The minimum Gasteiger partial charge on any atom is -0.378 e. The molecule has 5 unspecified atom stereocenters. The zero-order valence-electron chi connectivity index (χ0n) is 19.4. The lowest BCUT2D eigenvalue weighted by Gasteiger charge is -2.42. The topological polar surface area (TPSA) is 9.23 Å². The summed E-state index contributed by atoms with van der Waals surface area (Å²) in [5.41, 5.74) is 3.81. The van der Waals surface area contributed by atoms with Gasteiger partial charge in [-0.3, -0.25) is 0 Å². The number of ether oxygens (including phenoxy) is 1. The van der Waals surface area contributed by atoms with Gasteiger partial charge in [-0.05, 0) is 111 Å². The van der Waals surface area contributed by atoms with E-state index >= 15 is 4.39 Å². The maximum absolute atomic E-state index is 15.2. The number of unbranched alkanes of at least 4 members (excludes halogenated alkanes) is 2. The number of hydrogen-bond donors (Lipinski definition) is 0. The van der Waals surface area contributed by atoms with Gasteiger partial charge in [0.1, 0.15) is 5.82 Å². The van der Waals surface area contributed by atoms with Crippen molar-refractivity contribution in [3.63, 3.8) is 0 Å². The Bertz CT molecular complexity index is 683. The van der Waals surface area contributed by atoms with Crippen LogP contribution in [0.15, 0.2) is 12.1 Å². The van der Waals surface area contributed by atoms with E-state index in [1.807, 2.05) is 6.07 Å². The van der Waals surface area contributed by atoms with Crippen molar-refractivity contribution in [2.24, 2.45) is 17.8 Å². The quantitative estimate of drug-likeness (QED) is 0.392. The third-order valence-corrected chi connectivity index (χ3v) is 8.43. The van der Waals surface area contributed by atoms with Gasteiger partial charge >= 0.3 is 0 Å². The average Bonchev–Trinajstić information content (AvgIpc) is 2.77. The summed E-state index contributed by atoms with van der Waals surface area (Å²) in [6, 6.07) is 4.21. The molecule has 3 aliphatic carbocycles. The van der Waals surface area contributed by atoms with E-state index in [0.29, 0.717) is 12.0 Å². The molecule has 2 fully saturated rings. The molecule has 30 heavy (non-hydrogen) atoms. The van der Waals surface area contributed by atoms with Gasteiger partial charge in [0.05, 0.1) is 6.10 Å². The molecule has 4 rings (SSSR count). The molecular weight excluding hydrogens is 371 g/mol. The number of aryl methyl sites for hydroxylation is 1. The van der Waals surface area contributed by atoms with Gasteiger partial charge in [-0.25, -0.2) is 4.39 Å². The lowest BCUT2D eigenvalue weighted by molar-refractivity contribution is -0.0148. The Morgan fingerprint density at radius 1 is 0.900 bits per heavy atom. The molecule has 168 valence electrons. The second kappa shape index (κ2) is 10.6. The molecule has 0 heterocycles. The zero-order valence-corrected chi connectivity index (χ0v) is 19.4. The Morgan fingerprint density at radius 3 is 2.57 bits per heavy atom. The molecule has 3 aliphatic rings. The summed E-state index contributed by atoms with van der Waals surface area (Å²) >= 11 is 0. The van der Waals surface area contributed by atoms with Crippen LogP contribution in [0.2, 0.25) is 0 Å². The summed E-state index contributed by atoms with van der Waals surface area (Å²) in [5, 5.41) is 0. The third kappa shape index (κ3) is 5.29. The van der Waals surface area contributed by atoms with Crippen molar-refractivity contribution in [3.05, 3.63) is 34.6 Å². The van der Waals surface area contributed by atoms with E-state index in [1.165, 1.54) is 75.3 Å². The van der Waals surface area contributed by atoms with Crippen molar-refractivity contribution in [2.45, 2.75) is 116 Å². The van der Waals surface area contributed by atoms with E-state index in [4.69, 9.17) is 4.74 Å². The van der Waals surface area contributed by atoms with Crippen LogP contribution in [-0.4, -0.2) is 12.7 Å². The number of fused-ring (bicyclic) bond motifs is 2. The summed E-state index contributed by atoms with van der Waals surface area (Å²) < 4.78 is 21.3. The van der Waals surface area contributed by atoms with Gasteiger partial charge in [0.25, 0.3) is 0 Å². The van der Waals surface area contributed by atoms with Crippen LogP contribution in [0.3, 0.4) is 0 Å². The van der Waals surface area contributed by atoms with Crippen molar-refractivity contribution in [1.29, 1.82) is 0 Å². The predicted octanol–water partition coefficient (Wildman–Crippen LogP) is 7.99. The van der Waals surface area contributed by atoms with Gasteiger partial charge in [-0.2, -0.15) is 0 Å². The van der Waals surface area contributed by atoms with Gasteiger partial charge in [-0.1, -0.05) is 45.6 Å². The fraction of sp³-hybridized carbons (Fsp3) is 0.786. The van der Waals surface area contributed by atoms with Gasteiger partial charge in [0, 0.05) is 6.61 Å². The number of hydrogen-bond acceptors (Lipinski definition) is 1. The molecule has 0 aromatic heterocycles. The first kappa shape index (κ1) is 22.3. The second-order valence-electron chi connectivity index (χ2n) is 10.6. The van der Waals surface area contributed by atoms with Crippen molar-refractivity contribution in [1.82, 2.24) is 0 Å².